The highest BCUT2D eigenvalue weighted by atomic mass is 35.5. The van der Waals surface area contributed by atoms with E-state index in [1.165, 1.54) is 0 Å². The van der Waals surface area contributed by atoms with E-state index >= 15 is 0 Å². The highest BCUT2D eigenvalue weighted by Crippen LogP contribution is 2.27. The Kier molecular flexibility index (Phi) is 7.93. The lowest BCUT2D eigenvalue weighted by Crippen LogP contribution is -2.27. The highest BCUT2D eigenvalue weighted by molar-refractivity contribution is 6.03. The molecule has 30 heavy (non-hydrogen) atoms. The number of guanidine groups is 1. The summed E-state index contributed by atoms with van der Waals surface area (Å²) in [4.78, 5) is 38.0. The Morgan fingerprint density at radius 1 is 1.20 bits per heavy atom. The van der Waals surface area contributed by atoms with E-state index in [1.54, 1.807) is 0 Å². The molecule has 0 unspecified atom stereocenters. The molecule has 0 spiro atoms. The van der Waals surface area contributed by atoms with E-state index in [4.69, 9.17) is 17.2 Å². The second-order valence-corrected chi connectivity index (χ2v) is 6.63. The molecule has 0 saturated carbocycles. The van der Waals surface area contributed by atoms with Crippen LogP contribution in [0.3, 0.4) is 0 Å². The van der Waals surface area contributed by atoms with Gasteiger partial charge in [0.15, 0.2) is 23.3 Å². The summed E-state index contributed by atoms with van der Waals surface area (Å²) in [5.74, 6) is -0.566. The third kappa shape index (κ3) is 5.57. The largest absolute Gasteiger partial charge is 0.382 e. The second kappa shape index (κ2) is 10.4. The number of hydrogen-bond acceptors (Lipinski definition) is 6. The summed E-state index contributed by atoms with van der Waals surface area (Å²) in [5, 5.41) is 3.21. The molecular weight excluding hydrogens is 408 g/mol. The van der Waals surface area contributed by atoms with Gasteiger partial charge >= 0.3 is 5.91 Å². The molecule has 1 aromatic heterocycles. The van der Waals surface area contributed by atoms with Crippen molar-refractivity contribution in [3.05, 3.63) is 36.0 Å². The lowest BCUT2D eigenvalue weighted by atomic mass is 10.1. The number of likely N-dealkylation sites (tertiary alicyclic amines) is 1. The number of nitrogens with one attached hydrogen (secondary N) is 1. The number of aromatic nitrogens is 2. The van der Waals surface area contributed by atoms with Crippen LogP contribution in [0.15, 0.2) is 35.3 Å². The lowest BCUT2D eigenvalue weighted by Gasteiger charge is -2.16. The third-order valence-electron chi connectivity index (χ3n) is 4.47. The first kappa shape index (κ1) is 22.9. The van der Waals surface area contributed by atoms with Gasteiger partial charge < -0.3 is 27.4 Å². The standard InChI is InChI=1S/C19H24N8O2.ClH/c20-16-15(18(29)26-19(21)22)24-14(12-6-2-1-3-7-12)17(25-16)23-9-5-11-27-10-4-8-13(27)28;/h1-3,6-7H,4-5,8-11H2,(H3,20,23,25)(H4,21,22,26,29);1H. The maximum atomic E-state index is 12.2. The fourth-order valence-corrected chi connectivity index (χ4v) is 3.11. The minimum atomic E-state index is -0.758. The molecule has 2 aromatic rings. The average molecular weight is 433 g/mol. The van der Waals surface area contributed by atoms with Crippen LogP contribution >= 0.6 is 12.4 Å². The number of nitrogens with two attached hydrogens (primary N) is 3. The van der Waals surface area contributed by atoms with Gasteiger partial charge in [0.25, 0.3) is 0 Å². The second-order valence-electron chi connectivity index (χ2n) is 6.63. The molecule has 1 saturated heterocycles. The van der Waals surface area contributed by atoms with E-state index in [2.05, 4.69) is 20.3 Å². The molecule has 3 rings (SSSR count). The molecule has 11 heteroatoms. The third-order valence-corrected chi connectivity index (χ3v) is 4.47. The summed E-state index contributed by atoms with van der Waals surface area (Å²) in [7, 11) is 0. The van der Waals surface area contributed by atoms with Gasteiger partial charge in [-0.3, -0.25) is 9.59 Å². The first-order valence-corrected chi connectivity index (χ1v) is 9.34. The summed E-state index contributed by atoms with van der Waals surface area (Å²) in [6.45, 7) is 2.05. The maximum Gasteiger partial charge on any atom is 0.302 e. The number of amides is 2. The summed E-state index contributed by atoms with van der Waals surface area (Å²) in [6.07, 6.45) is 2.28. The minimum absolute atomic E-state index is 0. The lowest BCUT2D eigenvalue weighted by molar-refractivity contribution is -0.127. The van der Waals surface area contributed by atoms with Crippen molar-refractivity contribution in [2.24, 2.45) is 16.5 Å². The van der Waals surface area contributed by atoms with Crippen LogP contribution in [0.4, 0.5) is 11.6 Å². The monoisotopic (exact) mass is 432 g/mol. The van der Waals surface area contributed by atoms with E-state index in [1.807, 2.05) is 35.2 Å². The fraction of sp³-hybridized carbons (Fsp3) is 0.316. The maximum absolute atomic E-state index is 12.2. The molecule has 160 valence electrons. The number of aliphatic imine (C=N–C) groups is 1. The van der Waals surface area contributed by atoms with Crippen LogP contribution in [0.2, 0.25) is 0 Å². The topological polar surface area (TPSA) is 166 Å². The predicted molar refractivity (Wildman–Crippen MR) is 118 cm³/mol. The molecule has 2 amide bonds. The molecule has 10 nitrogen and oxygen atoms in total. The number of benzene rings is 1. The molecule has 7 N–H and O–H groups in total. The fourth-order valence-electron chi connectivity index (χ4n) is 3.11. The average Bonchev–Trinajstić information content (AvgIpc) is 3.10. The number of rotatable bonds is 7. The number of nitrogen functional groups attached to an aromatic ring is 1. The van der Waals surface area contributed by atoms with Crippen LogP contribution in [0, 0.1) is 0 Å². The Morgan fingerprint density at radius 2 is 1.93 bits per heavy atom. The molecule has 1 aliphatic heterocycles. The predicted octanol–water partition coefficient (Wildman–Crippen LogP) is 0.986. The SMILES string of the molecule is Cl.NC(N)=NC(=O)c1nc(-c2ccccc2)c(NCCCN2CCCC2=O)nc1N. The van der Waals surface area contributed by atoms with Crippen molar-refractivity contribution in [1.29, 1.82) is 0 Å². The zero-order valence-electron chi connectivity index (χ0n) is 16.4. The number of carbonyl (C=O) groups excluding carboxylic acids is 2. The molecule has 1 aromatic carbocycles. The van der Waals surface area contributed by atoms with Gasteiger partial charge in [-0.2, -0.15) is 4.99 Å². The zero-order chi connectivity index (χ0) is 20.8. The van der Waals surface area contributed by atoms with Crippen molar-refractivity contribution < 1.29 is 9.59 Å². The molecular formula is C19H25ClN8O2. The molecule has 0 atom stereocenters. The van der Waals surface area contributed by atoms with Crippen molar-refractivity contribution in [1.82, 2.24) is 14.9 Å². The number of halogens is 1. The van der Waals surface area contributed by atoms with Gasteiger partial charge in [0.05, 0.1) is 0 Å². The first-order chi connectivity index (χ1) is 14.0. The number of nitrogens with zero attached hydrogens (tertiary/aromatic N) is 4. The molecule has 1 aliphatic rings. The molecule has 2 heterocycles. The molecule has 1 fully saturated rings. The Morgan fingerprint density at radius 3 is 2.57 bits per heavy atom. The quantitative estimate of drug-likeness (QED) is 0.285. The van der Waals surface area contributed by atoms with Gasteiger partial charge in [-0.15, -0.1) is 12.4 Å². The smallest absolute Gasteiger partial charge is 0.302 e. The van der Waals surface area contributed by atoms with Crippen molar-refractivity contribution in [3.63, 3.8) is 0 Å². The van der Waals surface area contributed by atoms with Crippen LogP contribution in [-0.4, -0.2) is 52.3 Å². The summed E-state index contributed by atoms with van der Waals surface area (Å²) < 4.78 is 0. The van der Waals surface area contributed by atoms with Crippen LogP contribution in [-0.2, 0) is 4.79 Å². The van der Waals surface area contributed by atoms with E-state index in [9.17, 15) is 9.59 Å². The number of carbonyl (C=O) groups is 2. The van der Waals surface area contributed by atoms with Gasteiger partial charge in [-0.25, -0.2) is 9.97 Å². The number of anilines is 2. The van der Waals surface area contributed by atoms with Gasteiger partial charge in [0.2, 0.25) is 5.91 Å². The van der Waals surface area contributed by atoms with Crippen molar-refractivity contribution in [2.45, 2.75) is 19.3 Å². The first-order valence-electron chi connectivity index (χ1n) is 9.34. The Labute approximate surface area is 180 Å². The summed E-state index contributed by atoms with van der Waals surface area (Å²) in [5.41, 5.74) is 17.6. The molecule has 0 bridgehead atoms. The van der Waals surface area contributed by atoms with Crippen molar-refractivity contribution >= 4 is 41.8 Å². The van der Waals surface area contributed by atoms with Crippen LogP contribution < -0.4 is 22.5 Å². The van der Waals surface area contributed by atoms with Gasteiger partial charge in [0.1, 0.15) is 5.69 Å². The van der Waals surface area contributed by atoms with E-state index < -0.39 is 5.91 Å². The van der Waals surface area contributed by atoms with E-state index in [-0.39, 0.29) is 35.8 Å². The Bertz CT molecular complexity index is 932. The summed E-state index contributed by atoms with van der Waals surface area (Å²) in [6, 6.07) is 9.29. The van der Waals surface area contributed by atoms with Gasteiger partial charge in [-0.1, -0.05) is 30.3 Å². The molecule has 0 radical (unpaired) electrons. The van der Waals surface area contributed by atoms with Gasteiger partial charge in [0, 0.05) is 31.6 Å². The normalized spacial score (nSPS) is 12.9. The van der Waals surface area contributed by atoms with Crippen LogP contribution in [0.1, 0.15) is 29.8 Å². The van der Waals surface area contributed by atoms with Gasteiger partial charge in [-0.05, 0) is 12.8 Å². The van der Waals surface area contributed by atoms with E-state index in [0.29, 0.717) is 31.0 Å². The summed E-state index contributed by atoms with van der Waals surface area (Å²) >= 11 is 0. The van der Waals surface area contributed by atoms with Crippen LogP contribution in [0.25, 0.3) is 11.3 Å². The van der Waals surface area contributed by atoms with Crippen molar-refractivity contribution in [3.8, 4) is 11.3 Å². The Balaban J connectivity index is 0.00000320. The van der Waals surface area contributed by atoms with Crippen molar-refractivity contribution in [2.75, 3.05) is 30.7 Å². The van der Waals surface area contributed by atoms with Crippen LogP contribution in [0.5, 0.6) is 0 Å². The zero-order valence-corrected chi connectivity index (χ0v) is 17.2. The molecule has 0 aliphatic carbocycles. The Hall–Kier alpha value is -3.40. The van der Waals surface area contributed by atoms with E-state index in [0.717, 1.165) is 24.9 Å². The minimum Gasteiger partial charge on any atom is -0.382 e. The number of hydrogen-bond donors (Lipinski definition) is 4. The highest BCUT2D eigenvalue weighted by Gasteiger charge is 2.20.